The molecule has 0 rings (SSSR count). The molecular weight excluding hydrogens is 234 g/mol. The summed E-state index contributed by atoms with van der Waals surface area (Å²) < 4.78 is 22.1. The molecule has 0 saturated heterocycles. The molecule has 0 aliphatic heterocycles. The molecule has 0 aromatic rings. The summed E-state index contributed by atoms with van der Waals surface area (Å²) in [6.07, 6.45) is 10.9. The van der Waals surface area contributed by atoms with E-state index in [0.717, 1.165) is 12.8 Å². The summed E-state index contributed by atoms with van der Waals surface area (Å²) in [4.78, 5) is 0. The highest BCUT2D eigenvalue weighted by atomic mass is 32.2. The lowest BCUT2D eigenvalue weighted by Crippen LogP contribution is -2.27. The second kappa shape index (κ2) is 9.89. The minimum absolute atomic E-state index is 0.300. The third-order valence-electron chi connectivity index (χ3n) is 3.15. The van der Waals surface area contributed by atoms with Crippen molar-refractivity contribution in [1.29, 1.82) is 0 Å². The zero-order chi connectivity index (χ0) is 13.1. The van der Waals surface area contributed by atoms with Gasteiger partial charge < -0.3 is 5.32 Å². The van der Waals surface area contributed by atoms with Crippen LogP contribution in [0.2, 0.25) is 0 Å². The SMILES string of the molecule is CCCCCCCCC(CCS(C)(=O)=O)NC. The van der Waals surface area contributed by atoms with E-state index in [4.69, 9.17) is 0 Å². The molecule has 1 unspecified atom stereocenters. The Labute approximate surface area is 107 Å². The Hall–Kier alpha value is -0.0900. The van der Waals surface area contributed by atoms with Crippen LogP contribution in [0.3, 0.4) is 0 Å². The lowest BCUT2D eigenvalue weighted by Gasteiger charge is -2.15. The van der Waals surface area contributed by atoms with Crippen molar-refractivity contribution >= 4 is 9.84 Å². The Morgan fingerprint density at radius 2 is 1.59 bits per heavy atom. The van der Waals surface area contributed by atoms with E-state index in [1.807, 2.05) is 7.05 Å². The summed E-state index contributed by atoms with van der Waals surface area (Å²) in [5.74, 6) is 0.300. The van der Waals surface area contributed by atoms with Crippen LogP contribution >= 0.6 is 0 Å². The standard InChI is InChI=1S/C13H29NO2S/c1-4-5-6-7-8-9-10-13(14-2)11-12-17(3,15)16/h13-14H,4-12H2,1-3H3. The van der Waals surface area contributed by atoms with Crippen LogP contribution in [0.15, 0.2) is 0 Å². The fourth-order valence-corrected chi connectivity index (χ4v) is 2.67. The first-order valence-electron chi connectivity index (χ1n) is 6.84. The minimum Gasteiger partial charge on any atom is -0.317 e. The van der Waals surface area contributed by atoms with Gasteiger partial charge in [-0.25, -0.2) is 8.42 Å². The lowest BCUT2D eigenvalue weighted by atomic mass is 10.0. The van der Waals surface area contributed by atoms with E-state index in [2.05, 4.69) is 12.2 Å². The number of hydrogen-bond acceptors (Lipinski definition) is 3. The van der Waals surface area contributed by atoms with Gasteiger partial charge in [-0.3, -0.25) is 0 Å². The van der Waals surface area contributed by atoms with E-state index < -0.39 is 9.84 Å². The van der Waals surface area contributed by atoms with Crippen LogP contribution in [0.1, 0.15) is 58.3 Å². The summed E-state index contributed by atoms with van der Waals surface area (Å²) in [7, 11) is -0.891. The highest BCUT2D eigenvalue weighted by Gasteiger charge is 2.09. The molecule has 0 fully saturated rings. The third kappa shape index (κ3) is 12.2. The van der Waals surface area contributed by atoms with Crippen LogP contribution in [-0.4, -0.2) is 33.5 Å². The molecule has 0 aromatic carbocycles. The molecule has 0 aliphatic rings. The minimum atomic E-state index is -2.81. The molecule has 0 spiro atoms. The van der Waals surface area contributed by atoms with Gasteiger partial charge in [0.25, 0.3) is 0 Å². The van der Waals surface area contributed by atoms with Gasteiger partial charge in [-0.05, 0) is 19.9 Å². The second-order valence-electron chi connectivity index (χ2n) is 4.96. The van der Waals surface area contributed by atoms with Gasteiger partial charge in [0.05, 0.1) is 5.75 Å². The molecule has 4 heteroatoms. The molecule has 0 radical (unpaired) electrons. The van der Waals surface area contributed by atoms with Gasteiger partial charge in [0.1, 0.15) is 9.84 Å². The van der Waals surface area contributed by atoms with Crippen molar-refractivity contribution in [2.45, 2.75) is 64.3 Å². The zero-order valence-electron chi connectivity index (χ0n) is 11.7. The first-order valence-corrected chi connectivity index (χ1v) is 8.90. The second-order valence-corrected chi connectivity index (χ2v) is 7.22. The monoisotopic (exact) mass is 263 g/mol. The Morgan fingerprint density at radius 3 is 2.12 bits per heavy atom. The number of unbranched alkanes of at least 4 members (excludes halogenated alkanes) is 5. The molecule has 1 atom stereocenters. The molecule has 3 nitrogen and oxygen atoms in total. The van der Waals surface area contributed by atoms with Crippen molar-refractivity contribution in [3.05, 3.63) is 0 Å². The summed E-state index contributed by atoms with van der Waals surface area (Å²) >= 11 is 0. The van der Waals surface area contributed by atoms with Crippen molar-refractivity contribution < 1.29 is 8.42 Å². The van der Waals surface area contributed by atoms with E-state index in [1.54, 1.807) is 0 Å². The quantitative estimate of drug-likeness (QED) is 0.583. The largest absolute Gasteiger partial charge is 0.317 e. The number of hydrogen-bond donors (Lipinski definition) is 1. The van der Waals surface area contributed by atoms with Crippen LogP contribution < -0.4 is 5.32 Å². The number of sulfone groups is 1. The van der Waals surface area contributed by atoms with Crippen molar-refractivity contribution in [2.24, 2.45) is 0 Å². The topological polar surface area (TPSA) is 46.2 Å². The molecule has 0 heterocycles. The Balaban J connectivity index is 3.54. The van der Waals surface area contributed by atoms with Crippen LogP contribution in [0.5, 0.6) is 0 Å². The molecule has 0 amide bonds. The summed E-state index contributed by atoms with van der Waals surface area (Å²) in [5, 5.41) is 3.21. The van der Waals surface area contributed by atoms with Crippen molar-refractivity contribution in [3.8, 4) is 0 Å². The normalized spacial score (nSPS) is 13.8. The highest BCUT2D eigenvalue weighted by Crippen LogP contribution is 2.10. The first-order chi connectivity index (χ1) is 7.99. The molecule has 104 valence electrons. The van der Waals surface area contributed by atoms with Crippen LogP contribution in [0, 0.1) is 0 Å². The van der Waals surface area contributed by atoms with Gasteiger partial charge in [0, 0.05) is 12.3 Å². The summed E-state index contributed by atoms with van der Waals surface area (Å²) in [5.41, 5.74) is 0. The highest BCUT2D eigenvalue weighted by molar-refractivity contribution is 7.90. The van der Waals surface area contributed by atoms with E-state index >= 15 is 0 Å². The summed E-state index contributed by atoms with van der Waals surface area (Å²) in [6, 6.07) is 0.357. The maximum atomic E-state index is 11.1. The molecule has 0 aliphatic carbocycles. The molecule has 17 heavy (non-hydrogen) atoms. The van der Waals surface area contributed by atoms with E-state index in [-0.39, 0.29) is 0 Å². The van der Waals surface area contributed by atoms with Crippen LogP contribution in [0.4, 0.5) is 0 Å². The summed E-state index contributed by atoms with van der Waals surface area (Å²) in [6.45, 7) is 2.22. The molecule has 0 saturated carbocycles. The van der Waals surface area contributed by atoms with E-state index in [0.29, 0.717) is 11.8 Å². The maximum Gasteiger partial charge on any atom is 0.147 e. The van der Waals surface area contributed by atoms with Gasteiger partial charge >= 0.3 is 0 Å². The fourth-order valence-electron chi connectivity index (χ4n) is 1.96. The van der Waals surface area contributed by atoms with Gasteiger partial charge in [0.15, 0.2) is 0 Å². The van der Waals surface area contributed by atoms with E-state index in [9.17, 15) is 8.42 Å². The molecule has 0 bridgehead atoms. The first kappa shape index (κ1) is 16.9. The van der Waals surface area contributed by atoms with Gasteiger partial charge in [-0.1, -0.05) is 45.4 Å². The predicted octanol–water partition coefficient (Wildman–Crippen LogP) is 2.76. The molecule has 0 aromatic heterocycles. The Bertz CT molecular complexity index is 263. The van der Waals surface area contributed by atoms with Crippen molar-refractivity contribution in [1.82, 2.24) is 5.32 Å². The zero-order valence-corrected chi connectivity index (χ0v) is 12.5. The van der Waals surface area contributed by atoms with Gasteiger partial charge in [-0.2, -0.15) is 0 Å². The van der Waals surface area contributed by atoms with Gasteiger partial charge in [0.2, 0.25) is 0 Å². The average molecular weight is 263 g/mol. The van der Waals surface area contributed by atoms with Crippen LogP contribution in [-0.2, 0) is 9.84 Å². The Morgan fingerprint density at radius 1 is 1.00 bits per heavy atom. The maximum absolute atomic E-state index is 11.1. The van der Waals surface area contributed by atoms with Gasteiger partial charge in [-0.15, -0.1) is 0 Å². The Kier molecular flexibility index (Phi) is 9.84. The molecular formula is C13H29NO2S. The predicted molar refractivity (Wildman–Crippen MR) is 75.2 cm³/mol. The smallest absolute Gasteiger partial charge is 0.147 e. The number of rotatable bonds is 11. The fraction of sp³-hybridized carbons (Fsp3) is 1.00. The van der Waals surface area contributed by atoms with E-state index in [1.165, 1.54) is 44.8 Å². The van der Waals surface area contributed by atoms with Crippen LogP contribution in [0.25, 0.3) is 0 Å². The van der Waals surface area contributed by atoms with Crippen molar-refractivity contribution in [2.75, 3.05) is 19.1 Å². The third-order valence-corrected chi connectivity index (χ3v) is 4.13. The molecule has 1 N–H and O–H groups in total. The number of nitrogens with one attached hydrogen (secondary N) is 1. The lowest BCUT2D eigenvalue weighted by molar-refractivity contribution is 0.470. The average Bonchev–Trinajstić information content (AvgIpc) is 2.26. The van der Waals surface area contributed by atoms with Crippen molar-refractivity contribution in [3.63, 3.8) is 0 Å².